The average molecular weight is 343 g/mol. The van der Waals surface area contributed by atoms with Gasteiger partial charge in [-0.15, -0.1) is 0 Å². The van der Waals surface area contributed by atoms with Crippen LogP contribution in [0.25, 0.3) is 0 Å². The van der Waals surface area contributed by atoms with Gasteiger partial charge in [-0.3, -0.25) is 9.59 Å². The molecular weight excluding hydrogens is 322 g/mol. The number of hydrogen-bond acceptors (Lipinski definition) is 5. The van der Waals surface area contributed by atoms with Crippen molar-refractivity contribution in [3.63, 3.8) is 0 Å². The number of ether oxygens (including phenoxy) is 2. The van der Waals surface area contributed by atoms with Crippen molar-refractivity contribution in [3.8, 4) is 11.5 Å². The van der Waals surface area contributed by atoms with Gasteiger partial charge >= 0.3 is 0 Å². The first kappa shape index (κ1) is 17.0. The first-order valence-corrected chi connectivity index (χ1v) is 8.09. The van der Waals surface area contributed by atoms with Crippen molar-refractivity contribution in [2.45, 2.75) is 26.3 Å². The normalized spacial score (nSPS) is 13.3. The molecule has 0 spiro atoms. The molecule has 1 amide bonds. The smallest absolute Gasteiger partial charge is 0.254 e. The van der Waals surface area contributed by atoms with Gasteiger partial charge in [0.05, 0.1) is 32.9 Å². The number of methoxy groups -OCH3 is 2. The standard InChI is InChI=1S/C18H21N3O4/c1-11-19-15-10-21(7-6-14(15)18(23)20-11)17(22)9-12-8-13(24-2)4-5-16(12)25-3/h4-5,8H,6-7,9-10H2,1-3H3,(H,19,20,23). The number of nitrogens with one attached hydrogen (secondary N) is 1. The van der Waals surface area contributed by atoms with Crippen LogP contribution < -0.4 is 15.0 Å². The Hall–Kier alpha value is -2.83. The summed E-state index contributed by atoms with van der Waals surface area (Å²) in [5.74, 6) is 1.86. The topological polar surface area (TPSA) is 84.5 Å². The number of rotatable bonds is 4. The van der Waals surface area contributed by atoms with Crippen LogP contribution in [-0.2, 0) is 24.2 Å². The highest BCUT2D eigenvalue weighted by atomic mass is 16.5. The van der Waals surface area contributed by atoms with Crippen molar-refractivity contribution in [2.24, 2.45) is 0 Å². The van der Waals surface area contributed by atoms with Gasteiger partial charge in [0.2, 0.25) is 5.91 Å². The average Bonchev–Trinajstić information content (AvgIpc) is 2.60. The summed E-state index contributed by atoms with van der Waals surface area (Å²) < 4.78 is 10.6. The number of amides is 1. The molecule has 1 aromatic heterocycles. The first-order valence-electron chi connectivity index (χ1n) is 8.09. The molecule has 7 nitrogen and oxygen atoms in total. The van der Waals surface area contributed by atoms with Crippen LogP contribution >= 0.6 is 0 Å². The zero-order valence-corrected chi connectivity index (χ0v) is 14.6. The number of carbonyl (C=O) groups excluding carboxylic acids is 1. The van der Waals surface area contributed by atoms with Gasteiger partial charge < -0.3 is 19.4 Å². The number of aromatic amines is 1. The van der Waals surface area contributed by atoms with Crippen LogP contribution in [0.3, 0.4) is 0 Å². The predicted molar refractivity (Wildman–Crippen MR) is 92.0 cm³/mol. The number of nitrogens with zero attached hydrogens (tertiary/aromatic N) is 2. The molecule has 0 saturated carbocycles. The van der Waals surface area contributed by atoms with E-state index in [4.69, 9.17) is 9.47 Å². The van der Waals surface area contributed by atoms with E-state index in [1.54, 1.807) is 38.2 Å². The molecule has 2 heterocycles. The van der Waals surface area contributed by atoms with Crippen molar-refractivity contribution >= 4 is 5.91 Å². The molecule has 0 saturated heterocycles. The maximum Gasteiger partial charge on any atom is 0.254 e. The molecule has 0 aliphatic carbocycles. The molecule has 1 aliphatic heterocycles. The highest BCUT2D eigenvalue weighted by Crippen LogP contribution is 2.25. The third-order valence-corrected chi connectivity index (χ3v) is 4.37. The summed E-state index contributed by atoms with van der Waals surface area (Å²) in [7, 11) is 3.16. The van der Waals surface area contributed by atoms with Crippen molar-refractivity contribution < 1.29 is 14.3 Å². The number of fused-ring (bicyclic) bond motifs is 1. The van der Waals surface area contributed by atoms with Gasteiger partial charge in [0, 0.05) is 17.7 Å². The minimum absolute atomic E-state index is 0.0306. The molecule has 0 bridgehead atoms. The van der Waals surface area contributed by atoms with E-state index in [0.717, 1.165) is 5.56 Å². The molecule has 0 atom stereocenters. The van der Waals surface area contributed by atoms with Gasteiger partial charge in [0.1, 0.15) is 17.3 Å². The van der Waals surface area contributed by atoms with Gasteiger partial charge in [-0.1, -0.05) is 0 Å². The number of aryl methyl sites for hydroxylation is 1. The lowest BCUT2D eigenvalue weighted by Gasteiger charge is -2.28. The first-order chi connectivity index (χ1) is 12.0. The number of carbonyl (C=O) groups is 1. The van der Waals surface area contributed by atoms with Crippen LogP contribution in [0.15, 0.2) is 23.0 Å². The van der Waals surface area contributed by atoms with Crippen molar-refractivity contribution in [2.75, 3.05) is 20.8 Å². The Balaban J connectivity index is 1.80. The van der Waals surface area contributed by atoms with E-state index in [1.807, 2.05) is 6.07 Å². The fraction of sp³-hybridized carbons (Fsp3) is 0.389. The molecular formula is C18H21N3O4. The van der Waals surface area contributed by atoms with Crippen LogP contribution in [-0.4, -0.2) is 41.5 Å². The fourth-order valence-corrected chi connectivity index (χ4v) is 3.07. The highest BCUT2D eigenvalue weighted by molar-refractivity contribution is 5.80. The van der Waals surface area contributed by atoms with E-state index in [0.29, 0.717) is 48.1 Å². The molecule has 3 rings (SSSR count). The van der Waals surface area contributed by atoms with Crippen LogP contribution in [0.5, 0.6) is 11.5 Å². The highest BCUT2D eigenvalue weighted by Gasteiger charge is 2.24. The zero-order chi connectivity index (χ0) is 18.0. The quantitative estimate of drug-likeness (QED) is 0.902. The third kappa shape index (κ3) is 3.50. The number of H-pyrrole nitrogens is 1. The summed E-state index contributed by atoms with van der Waals surface area (Å²) in [6, 6.07) is 5.39. The lowest BCUT2D eigenvalue weighted by atomic mass is 10.0. The molecule has 1 aromatic carbocycles. The molecule has 1 aliphatic rings. The minimum Gasteiger partial charge on any atom is -0.497 e. The lowest BCUT2D eigenvalue weighted by molar-refractivity contribution is -0.131. The number of benzene rings is 1. The second-order valence-corrected chi connectivity index (χ2v) is 6.00. The van der Waals surface area contributed by atoms with Gasteiger partial charge in [0.15, 0.2) is 0 Å². The largest absolute Gasteiger partial charge is 0.497 e. The zero-order valence-electron chi connectivity index (χ0n) is 14.6. The maximum atomic E-state index is 12.7. The van der Waals surface area contributed by atoms with E-state index in [9.17, 15) is 9.59 Å². The Kier molecular flexibility index (Phi) is 4.74. The number of hydrogen-bond donors (Lipinski definition) is 1. The monoisotopic (exact) mass is 343 g/mol. The van der Waals surface area contributed by atoms with Crippen LogP contribution in [0.1, 0.15) is 22.6 Å². The SMILES string of the molecule is COc1ccc(OC)c(CC(=O)N2CCc3c(nc(C)[nH]c3=O)C2)c1. The van der Waals surface area contributed by atoms with Gasteiger partial charge in [-0.2, -0.15) is 0 Å². The molecule has 2 aromatic rings. The van der Waals surface area contributed by atoms with Crippen molar-refractivity contribution in [1.29, 1.82) is 0 Å². The summed E-state index contributed by atoms with van der Waals surface area (Å²) in [6.07, 6.45) is 0.719. The minimum atomic E-state index is -0.107. The predicted octanol–water partition coefficient (Wildman–Crippen LogP) is 1.22. The second kappa shape index (κ2) is 6.96. The Bertz CT molecular complexity index is 860. The number of aromatic nitrogens is 2. The van der Waals surface area contributed by atoms with Gasteiger partial charge in [-0.05, 0) is 31.5 Å². The molecule has 7 heteroatoms. The van der Waals surface area contributed by atoms with Crippen LogP contribution in [0.4, 0.5) is 0 Å². The van der Waals surface area contributed by atoms with E-state index in [2.05, 4.69) is 9.97 Å². The van der Waals surface area contributed by atoms with E-state index in [-0.39, 0.29) is 17.9 Å². The van der Waals surface area contributed by atoms with E-state index in [1.165, 1.54) is 0 Å². The Morgan fingerprint density at radius 2 is 2.12 bits per heavy atom. The van der Waals surface area contributed by atoms with Crippen LogP contribution in [0, 0.1) is 6.92 Å². The summed E-state index contributed by atoms with van der Waals surface area (Å²) in [6.45, 7) is 2.60. The lowest BCUT2D eigenvalue weighted by Crippen LogP contribution is -2.40. The molecule has 0 radical (unpaired) electrons. The molecule has 132 valence electrons. The van der Waals surface area contributed by atoms with Crippen LogP contribution in [0.2, 0.25) is 0 Å². The Morgan fingerprint density at radius 3 is 2.84 bits per heavy atom. The maximum absolute atomic E-state index is 12.7. The summed E-state index contributed by atoms with van der Waals surface area (Å²) in [5.41, 5.74) is 2.02. The fourth-order valence-electron chi connectivity index (χ4n) is 3.07. The second-order valence-electron chi connectivity index (χ2n) is 6.00. The molecule has 0 unspecified atom stereocenters. The summed E-state index contributed by atoms with van der Waals surface area (Å²) in [5, 5.41) is 0. The van der Waals surface area contributed by atoms with Gasteiger partial charge in [-0.25, -0.2) is 4.98 Å². The molecule has 1 N–H and O–H groups in total. The van der Waals surface area contributed by atoms with E-state index >= 15 is 0 Å². The third-order valence-electron chi connectivity index (χ3n) is 4.37. The van der Waals surface area contributed by atoms with Gasteiger partial charge in [0.25, 0.3) is 5.56 Å². The molecule has 0 fully saturated rings. The Morgan fingerprint density at radius 1 is 1.32 bits per heavy atom. The Labute approximate surface area is 145 Å². The van der Waals surface area contributed by atoms with Crippen molar-refractivity contribution in [1.82, 2.24) is 14.9 Å². The van der Waals surface area contributed by atoms with Crippen molar-refractivity contribution in [3.05, 3.63) is 51.2 Å². The van der Waals surface area contributed by atoms with E-state index < -0.39 is 0 Å². The summed E-state index contributed by atoms with van der Waals surface area (Å²) in [4.78, 5) is 33.5. The summed E-state index contributed by atoms with van der Waals surface area (Å²) >= 11 is 0. The molecule has 25 heavy (non-hydrogen) atoms.